The maximum atomic E-state index is 11.2. The van der Waals surface area contributed by atoms with Crippen molar-refractivity contribution >= 4 is 11.6 Å². The zero-order valence-corrected chi connectivity index (χ0v) is 7.01. The summed E-state index contributed by atoms with van der Waals surface area (Å²) in [5, 5.41) is 0. The molecule has 0 amide bonds. The molecule has 1 fully saturated rings. The van der Waals surface area contributed by atoms with Crippen molar-refractivity contribution in [1.82, 2.24) is 0 Å². The molecule has 1 rings (SSSR count). The largest absolute Gasteiger partial charge is 0.299 e. The molecule has 1 aliphatic carbocycles. The first-order valence-electron chi connectivity index (χ1n) is 4.22. The van der Waals surface area contributed by atoms with Crippen LogP contribution in [-0.4, -0.2) is 11.6 Å². The molecule has 0 aromatic rings. The third kappa shape index (κ3) is 2.20. The van der Waals surface area contributed by atoms with E-state index in [1.807, 2.05) is 0 Å². The van der Waals surface area contributed by atoms with Crippen LogP contribution in [0.5, 0.6) is 0 Å². The van der Waals surface area contributed by atoms with Crippen molar-refractivity contribution in [2.75, 3.05) is 0 Å². The Kier molecular flexibility index (Phi) is 3.04. The van der Waals surface area contributed by atoms with Crippen molar-refractivity contribution < 1.29 is 9.59 Å². The van der Waals surface area contributed by atoms with Gasteiger partial charge in [0.1, 0.15) is 11.6 Å². The molecular formula is C10H12O2. The van der Waals surface area contributed by atoms with Gasteiger partial charge in [0.15, 0.2) is 0 Å². The molecule has 1 saturated carbocycles. The number of carbonyl (C=O) groups is 2. The summed E-state index contributed by atoms with van der Waals surface area (Å²) in [6, 6.07) is 0. The van der Waals surface area contributed by atoms with Gasteiger partial charge in [0.2, 0.25) is 0 Å². The highest BCUT2D eigenvalue weighted by Crippen LogP contribution is 2.22. The fraction of sp³-hybridized carbons (Fsp3) is 0.600. The van der Waals surface area contributed by atoms with E-state index in [1.165, 1.54) is 0 Å². The zero-order valence-electron chi connectivity index (χ0n) is 7.01. The third-order valence-electron chi connectivity index (χ3n) is 2.24. The Morgan fingerprint density at radius 3 is 2.83 bits per heavy atom. The molecule has 12 heavy (non-hydrogen) atoms. The van der Waals surface area contributed by atoms with Crippen LogP contribution in [0.15, 0.2) is 0 Å². The maximum absolute atomic E-state index is 11.2. The molecule has 0 bridgehead atoms. The molecule has 0 aromatic heterocycles. The van der Waals surface area contributed by atoms with Crippen molar-refractivity contribution in [3.63, 3.8) is 0 Å². The van der Waals surface area contributed by atoms with Gasteiger partial charge in [-0.2, -0.15) is 0 Å². The van der Waals surface area contributed by atoms with Gasteiger partial charge < -0.3 is 0 Å². The Balaban J connectivity index is 2.41. The standard InChI is InChI=1S/C10H12O2/c1-2-3-4-8-5-6-9(11)7-10(8)12/h1,8H,3-7H2. The Morgan fingerprint density at radius 2 is 2.25 bits per heavy atom. The monoisotopic (exact) mass is 164 g/mol. The number of ketones is 2. The van der Waals surface area contributed by atoms with Crippen LogP contribution < -0.4 is 0 Å². The molecule has 1 aliphatic rings. The SMILES string of the molecule is C#CCCC1CCC(=O)CC1=O. The lowest BCUT2D eigenvalue weighted by molar-refractivity contribution is -0.132. The number of carbonyl (C=O) groups excluding carboxylic acids is 2. The lowest BCUT2D eigenvalue weighted by Gasteiger charge is -2.18. The number of hydrogen-bond donors (Lipinski definition) is 0. The van der Waals surface area contributed by atoms with E-state index in [0.717, 1.165) is 6.42 Å². The van der Waals surface area contributed by atoms with Gasteiger partial charge in [-0.15, -0.1) is 12.3 Å². The molecule has 64 valence electrons. The van der Waals surface area contributed by atoms with E-state index < -0.39 is 0 Å². The zero-order chi connectivity index (χ0) is 8.97. The first kappa shape index (κ1) is 8.99. The van der Waals surface area contributed by atoms with Gasteiger partial charge in [-0.05, 0) is 12.8 Å². The fourth-order valence-electron chi connectivity index (χ4n) is 1.49. The average molecular weight is 164 g/mol. The number of Topliss-reactive ketones (excluding diaryl/α,β-unsaturated/α-hetero) is 2. The van der Waals surface area contributed by atoms with Crippen LogP contribution >= 0.6 is 0 Å². The van der Waals surface area contributed by atoms with Crippen molar-refractivity contribution in [3.8, 4) is 12.3 Å². The summed E-state index contributed by atoms with van der Waals surface area (Å²) in [6.45, 7) is 0. The highest BCUT2D eigenvalue weighted by molar-refractivity contribution is 6.02. The predicted octanol–water partition coefficient (Wildman–Crippen LogP) is 1.34. The van der Waals surface area contributed by atoms with E-state index in [4.69, 9.17) is 6.42 Å². The molecule has 0 saturated heterocycles. The maximum Gasteiger partial charge on any atom is 0.143 e. The topological polar surface area (TPSA) is 34.1 Å². The van der Waals surface area contributed by atoms with Crippen LogP contribution in [0.3, 0.4) is 0 Å². The second-order valence-electron chi connectivity index (χ2n) is 3.16. The quantitative estimate of drug-likeness (QED) is 0.456. The first-order valence-corrected chi connectivity index (χ1v) is 4.22. The van der Waals surface area contributed by atoms with E-state index in [9.17, 15) is 9.59 Å². The molecule has 0 aliphatic heterocycles. The van der Waals surface area contributed by atoms with E-state index in [1.54, 1.807) is 0 Å². The van der Waals surface area contributed by atoms with Gasteiger partial charge in [-0.3, -0.25) is 9.59 Å². The summed E-state index contributed by atoms with van der Waals surface area (Å²) in [5.41, 5.74) is 0. The van der Waals surface area contributed by atoms with Crippen molar-refractivity contribution in [2.24, 2.45) is 5.92 Å². The molecule has 2 nitrogen and oxygen atoms in total. The van der Waals surface area contributed by atoms with Crippen LogP contribution in [0.4, 0.5) is 0 Å². The average Bonchev–Trinajstić information content (AvgIpc) is 2.03. The van der Waals surface area contributed by atoms with Gasteiger partial charge >= 0.3 is 0 Å². The minimum Gasteiger partial charge on any atom is -0.299 e. The van der Waals surface area contributed by atoms with E-state index >= 15 is 0 Å². The van der Waals surface area contributed by atoms with Crippen molar-refractivity contribution in [1.29, 1.82) is 0 Å². The number of terminal acetylenes is 1. The summed E-state index contributed by atoms with van der Waals surface area (Å²) < 4.78 is 0. The molecule has 0 radical (unpaired) electrons. The summed E-state index contributed by atoms with van der Waals surface area (Å²) >= 11 is 0. The predicted molar refractivity (Wildman–Crippen MR) is 45.4 cm³/mol. The van der Waals surface area contributed by atoms with Crippen LogP contribution in [0.2, 0.25) is 0 Å². The van der Waals surface area contributed by atoms with Crippen molar-refractivity contribution in [3.05, 3.63) is 0 Å². The Bertz CT molecular complexity index is 235. The van der Waals surface area contributed by atoms with E-state index in [0.29, 0.717) is 19.3 Å². The molecule has 0 aromatic carbocycles. The fourth-order valence-corrected chi connectivity index (χ4v) is 1.49. The van der Waals surface area contributed by atoms with Gasteiger partial charge in [0.05, 0.1) is 6.42 Å². The number of hydrogen-bond acceptors (Lipinski definition) is 2. The Labute approximate surface area is 72.3 Å². The minimum atomic E-state index is 0.0544. The van der Waals surface area contributed by atoms with Gasteiger partial charge in [-0.1, -0.05) is 0 Å². The Morgan fingerprint density at radius 1 is 1.50 bits per heavy atom. The number of rotatable bonds is 2. The van der Waals surface area contributed by atoms with E-state index in [-0.39, 0.29) is 23.9 Å². The Hall–Kier alpha value is -1.10. The van der Waals surface area contributed by atoms with Crippen molar-refractivity contribution in [2.45, 2.75) is 32.1 Å². The second kappa shape index (κ2) is 4.06. The highest BCUT2D eigenvalue weighted by Gasteiger charge is 2.25. The molecule has 0 heterocycles. The van der Waals surface area contributed by atoms with Crippen LogP contribution in [0.25, 0.3) is 0 Å². The lowest BCUT2D eigenvalue weighted by Crippen LogP contribution is -2.24. The molecule has 2 heteroatoms. The second-order valence-corrected chi connectivity index (χ2v) is 3.16. The lowest BCUT2D eigenvalue weighted by atomic mass is 9.84. The van der Waals surface area contributed by atoms with Gasteiger partial charge in [0.25, 0.3) is 0 Å². The van der Waals surface area contributed by atoms with Crippen LogP contribution in [0.1, 0.15) is 32.1 Å². The minimum absolute atomic E-state index is 0.0544. The molecule has 0 N–H and O–H groups in total. The molecule has 0 spiro atoms. The summed E-state index contributed by atoms with van der Waals surface area (Å²) in [7, 11) is 0. The molecule has 1 atom stereocenters. The normalized spacial score (nSPS) is 23.8. The molecule has 1 unspecified atom stereocenters. The molecular weight excluding hydrogens is 152 g/mol. The van der Waals surface area contributed by atoms with Crippen LogP contribution in [0, 0.1) is 18.3 Å². The van der Waals surface area contributed by atoms with Crippen LogP contribution in [-0.2, 0) is 9.59 Å². The first-order chi connectivity index (χ1) is 5.74. The third-order valence-corrected chi connectivity index (χ3v) is 2.24. The smallest absolute Gasteiger partial charge is 0.143 e. The van der Waals surface area contributed by atoms with E-state index in [2.05, 4.69) is 5.92 Å². The summed E-state index contributed by atoms with van der Waals surface area (Å²) in [6.07, 6.45) is 7.88. The summed E-state index contributed by atoms with van der Waals surface area (Å²) in [4.78, 5) is 22.1. The van der Waals surface area contributed by atoms with Gasteiger partial charge in [-0.25, -0.2) is 0 Å². The van der Waals surface area contributed by atoms with Gasteiger partial charge in [0, 0.05) is 18.8 Å². The summed E-state index contributed by atoms with van der Waals surface area (Å²) in [5.74, 6) is 2.73. The highest BCUT2D eigenvalue weighted by atomic mass is 16.1.